The highest BCUT2D eigenvalue weighted by molar-refractivity contribution is 6.30. The number of carbonyl (C=O) groups excluding carboxylic acids is 1. The highest BCUT2D eigenvalue weighted by Gasteiger charge is 2.22. The SMILES string of the molecule is COc1nnc(-c2ccc(Cl)cc2)c(-c2ccccc2)c1C(C)=O. The zero-order valence-electron chi connectivity index (χ0n) is 13.3. The molecule has 0 saturated heterocycles. The second kappa shape index (κ2) is 6.81. The van der Waals surface area contributed by atoms with Gasteiger partial charge in [0.15, 0.2) is 5.78 Å². The van der Waals surface area contributed by atoms with Crippen LogP contribution in [0, 0.1) is 0 Å². The maximum absolute atomic E-state index is 12.3. The minimum atomic E-state index is -0.129. The number of carbonyl (C=O) groups is 1. The van der Waals surface area contributed by atoms with E-state index in [0.717, 1.165) is 11.1 Å². The van der Waals surface area contributed by atoms with Crippen LogP contribution in [0.25, 0.3) is 22.4 Å². The van der Waals surface area contributed by atoms with Gasteiger partial charge in [0.05, 0.1) is 12.7 Å². The number of nitrogens with zero attached hydrogens (tertiary/aromatic N) is 2. The van der Waals surface area contributed by atoms with E-state index in [1.54, 1.807) is 12.1 Å². The molecule has 4 nitrogen and oxygen atoms in total. The average molecular weight is 339 g/mol. The van der Waals surface area contributed by atoms with Gasteiger partial charge in [0, 0.05) is 16.1 Å². The summed E-state index contributed by atoms with van der Waals surface area (Å²) in [6, 6.07) is 16.9. The van der Waals surface area contributed by atoms with Gasteiger partial charge in [-0.1, -0.05) is 54.1 Å². The van der Waals surface area contributed by atoms with Crippen molar-refractivity contribution in [1.82, 2.24) is 10.2 Å². The van der Waals surface area contributed by atoms with E-state index in [1.165, 1.54) is 14.0 Å². The summed E-state index contributed by atoms with van der Waals surface area (Å²) in [4.78, 5) is 12.3. The molecule has 0 aliphatic carbocycles. The topological polar surface area (TPSA) is 52.1 Å². The average Bonchev–Trinajstić information content (AvgIpc) is 2.61. The van der Waals surface area contributed by atoms with Gasteiger partial charge in [0.2, 0.25) is 5.88 Å². The predicted octanol–water partition coefficient (Wildman–Crippen LogP) is 4.68. The molecule has 5 heteroatoms. The molecule has 0 spiro atoms. The zero-order valence-corrected chi connectivity index (χ0v) is 14.0. The molecule has 3 aromatic rings. The number of aromatic nitrogens is 2. The van der Waals surface area contributed by atoms with Gasteiger partial charge in [0.1, 0.15) is 5.69 Å². The van der Waals surface area contributed by atoms with Crippen LogP contribution in [-0.2, 0) is 0 Å². The minimum Gasteiger partial charge on any atom is -0.479 e. The van der Waals surface area contributed by atoms with Gasteiger partial charge < -0.3 is 4.74 Å². The van der Waals surface area contributed by atoms with Crippen molar-refractivity contribution in [2.75, 3.05) is 7.11 Å². The Balaban J connectivity index is 2.35. The molecule has 3 rings (SSSR count). The third-order valence-electron chi connectivity index (χ3n) is 3.67. The third-order valence-corrected chi connectivity index (χ3v) is 3.92. The summed E-state index contributed by atoms with van der Waals surface area (Å²) in [5.41, 5.74) is 3.45. The number of methoxy groups -OCH3 is 1. The molecule has 0 radical (unpaired) electrons. The van der Waals surface area contributed by atoms with Crippen LogP contribution in [0.5, 0.6) is 5.88 Å². The van der Waals surface area contributed by atoms with Crippen LogP contribution >= 0.6 is 11.6 Å². The molecule has 0 bridgehead atoms. The van der Waals surface area contributed by atoms with E-state index in [4.69, 9.17) is 16.3 Å². The van der Waals surface area contributed by atoms with Crippen LogP contribution in [0.1, 0.15) is 17.3 Å². The lowest BCUT2D eigenvalue weighted by molar-refractivity contribution is 0.101. The summed E-state index contributed by atoms with van der Waals surface area (Å²) >= 11 is 5.98. The maximum Gasteiger partial charge on any atom is 0.244 e. The van der Waals surface area contributed by atoms with Crippen LogP contribution in [0.2, 0.25) is 5.02 Å². The number of halogens is 1. The normalized spacial score (nSPS) is 10.5. The highest BCUT2D eigenvalue weighted by Crippen LogP contribution is 2.37. The van der Waals surface area contributed by atoms with E-state index in [1.807, 2.05) is 42.5 Å². The monoisotopic (exact) mass is 338 g/mol. The summed E-state index contributed by atoms with van der Waals surface area (Å²) in [5, 5.41) is 9.01. The zero-order chi connectivity index (χ0) is 17.1. The Bertz CT molecular complexity index is 878. The molecule has 1 heterocycles. The molecule has 0 amide bonds. The second-order valence-electron chi connectivity index (χ2n) is 5.24. The molecule has 2 aromatic carbocycles. The van der Waals surface area contributed by atoms with Crippen molar-refractivity contribution < 1.29 is 9.53 Å². The number of benzene rings is 2. The van der Waals surface area contributed by atoms with Crippen molar-refractivity contribution in [2.45, 2.75) is 6.92 Å². The fraction of sp³-hybridized carbons (Fsp3) is 0.105. The Hall–Kier alpha value is -2.72. The summed E-state index contributed by atoms with van der Waals surface area (Å²) in [7, 11) is 1.48. The summed E-state index contributed by atoms with van der Waals surface area (Å²) < 4.78 is 5.26. The van der Waals surface area contributed by atoms with Crippen molar-refractivity contribution in [1.29, 1.82) is 0 Å². The fourth-order valence-electron chi connectivity index (χ4n) is 2.59. The summed E-state index contributed by atoms with van der Waals surface area (Å²) in [6.45, 7) is 1.50. The second-order valence-corrected chi connectivity index (χ2v) is 5.67. The van der Waals surface area contributed by atoms with Crippen molar-refractivity contribution >= 4 is 17.4 Å². The first-order valence-electron chi connectivity index (χ1n) is 7.38. The quantitative estimate of drug-likeness (QED) is 0.648. The van der Waals surface area contributed by atoms with E-state index in [9.17, 15) is 4.79 Å². The maximum atomic E-state index is 12.3. The number of hydrogen-bond acceptors (Lipinski definition) is 4. The Morgan fingerprint density at radius 3 is 2.21 bits per heavy atom. The van der Waals surface area contributed by atoms with Crippen molar-refractivity contribution in [3.63, 3.8) is 0 Å². The predicted molar refractivity (Wildman–Crippen MR) is 94.5 cm³/mol. The van der Waals surface area contributed by atoms with Crippen molar-refractivity contribution in [3.05, 3.63) is 65.2 Å². The molecule has 0 saturated carbocycles. The molecule has 24 heavy (non-hydrogen) atoms. The van der Waals surface area contributed by atoms with E-state index in [2.05, 4.69) is 10.2 Å². The number of Topliss-reactive ketones (excluding diaryl/α,β-unsaturated/α-hetero) is 1. The van der Waals surface area contributed by atoms with Crippen molar-refractivity contribution in [3.8, 4) is 28.3 Å². The molecular formula is C19H15ClN2O2. The standard InChI is InChI=1S/C19H15ClN2O2/c1-12(23)16-17(13-6-4-3-5-7-13)18(21-22-19(16)24-2)14-8-10-15(20)11-9-14/h3-11H,1-2H3. The van der Waals surface area contributed by atoms with Gasteiger partial charge >= 0.3 is 0 Å². The van der Waals surface area contributed by atoms with Gasteiger partial charge in [0.25, 0.3) is 0 Å². The van der Waals surface area contributed by atoms with Gasteiger partial charge in [-0.15, -0.1) is 10.2 Å². The lowest BCUT2D eigenvalue weighted by atomic mass is 9.94. The summed E-state index contributed by atoms with van der Waals surface area (Å²) in [6.07, 6.45) is 0. The number of ether oxygens (including phenoxy) is 1. The van der Waals surface area contributed by atoms with E-state index >= 15 is 0 Å². The van der Waals surface area contributed by atoms with E-state index < -0.39 is 0 Å². The smallest absolute Gasteiger partial charge is 0.244 e. The van der Waals surface area contributed by atoms with Crippen molar-refractivity contribution in [2.24, 2.45) is 0 Å². The van der Waals surface area contributed by atoms with Gasteiger partial charge in [-0.2, -0.15) is 0 Å². The Morgan fingerprint density at radius 1 is 0.958 bits per heavy atom. The lowest BCUT2D eigenvalue weighted by Crippen LogP contribution is -2.07. The number of ketones is 1. The van der Waals surface area contributed by atoms with E-state index in [0.29, 0.717) is 21.8 Å². The van der Waals surface area contributed by atoms with Crippen LogP contribution in [0.4, 0.5) is 0 Å². The number of rotatable bonds is 4. The molecule has 0 atom stereocenters. The first-order valence-corrected chi connectivity index (χ1v) is 7.76. The molecule has 120 valence electrons. The minimum absolute atomic E-state index is 0.129. The van der Waals surface area contributed by atoms with Crippen LogP contribution in [0.15, 0.2) is 54.6 Å². The Labute approximate surface area is 145 Å². The van der Waals surface area contributed by atoms with Gasteiger partial charge in [-0.3, -0.25) is 4.79 Å². The van der Waals surface area contributed by atoms with E-state index in [-0.39, 0.29) is 11.7 Å². The molecule has 0 aliphatic heterocycles. The molecule has 0 N–H and O–H groups in total. The van der Waals surface area contributed by atoms with Crippen LogP contribution < -0.4 is 4.74 Å². The van der Waals surface area contributed by atoms with Crippen LogP contribution in [-0.4, -0.2) is 23.1 Å². The largest absolute Gasteiger partial charge is 0.479 e. The third kappa shape index (κ3) is 3.01. The first kappa shape index (κ1) is 16.1. The van der Waals surface area contributed by atoms with Gasteiger partial charge in [-0.25, -0.2) is 0 Å². The first-order chi connectivity index (χ1) is 11.6. The van der Waals surface area contributed by atoms with Gasteiger partial charge in [-0.05, 0) is 24.6 Å². The Kier molecular flexibility index (Phi) is 4.58. The fourth-order valence-corrected chi connectivity index (χ4v) is 2.71. The highest BCUT2D eigenvalue weighted by atomic mass is 35.5. The molecule has 0 aliphatic rings. The molecular weight excluding hydrogens is 324 g/mol. The lowest BCUT2D eigenvalue weighted by Gasteiger charge is -2.15. The molecule has 0 unspecified atom stereocenters. The molecule has 1 aromatic heterocycles. The molecule has 0 fully saturated rings. The number of hydrogen-bond donors (Lipinski definition) is 0. The summed E-state index contributed by atoms with van der Waals surface area (Å²) in [5.74, 6) is 0.0925. The Morgan fingerprint density at radius 2 is 1.62 bits per heavy atom. The van der Waals surface area contributed by atoms with Crippen LogP contribution in [0.3, 0.4) is 0 Å².